The molecule has 0 N–H and O–H groups in total. The number of halogens is 4. The number of alkyl halides is 3. The van der Waals surface area contributed by atoms with Gasteiger partial charge in [-0.1, -0.05) is 86.1 Å². The van der Waals surface area contributed by atoms with Crippen LogP contribution in [-0.4, -0.2) is 15.4 Å². The number of carbonyl (C=O) groups excluding carboxylic acids is 1. The third-order valence-electron chi connectivity index (χ3n) is 5.53. The first-order chi connectivity index (χ1) is 16.2. The Balaban J connectivity index is 1.72. The lowest BCUT2D eigenvalue weighted by atomic mass is 9.91. The molecule has 0 saturated heterocycles. The van der Waals surface area contributed by atoms with Crippen LogP contribution in [0.1, 0.15) is 53.8 Å². The number of esters is 1. The zero-order valence-electron chi connectivity index (χ0n) is 18.5. The lowest BCUT2D eigenvalue weighted by molar-refractivity contribution is -0.146. The Labute approximate surface area is 200 Å². The summed E-state index contributed by atoms with van der Waals surface area (Å²) in [4.78, 5) is 17.7. The van der Waals surface area contributed by atoms with Gasteiger partial charge in [-0.25, -0.2) is 4.98 Å². The van der Waals surface area contributed by atoms with Gasteiger partial charge in [0.1, 0.15) is 12.5 Å². The van der Waals surface area contributed by atoms with Gasteiger partial charge in [0.25, 0.3) is 0 Å². The lowest BCUT2D eigenvalue weighted by Gasteiger charge is -2.18. The van der Waals surface area contributed by atoms with E-state index >= 15 is 0 Å². The lowest BCUT2D eigenvalue weighted by Crippen LogP contribution is -2.18. The Morgan fingerprint density at radius 2 is 1.59 bits per heavy atom. The summed E-state index contributed by atoms with van der Waals surface area (Å²) in [7, 11) is 0. The summed E-state index contributed by atoms with van der Waals surface area (Å²) in [5.74, 6) is -1.32. The minimum Gasteiger partial charge on any atom is -0.458 e. The van der Waals surface area contributed by atoms with Gasteiger partial charge < -0.3 is 4.74 Å². The number of fused-ring (bicyclic) bond motifs is 1. The summed E-state index contributed by atoms with van der Waals surface area (Å²) in [6.07, 6.45) is -3.64. The van der Waals surface area contributed by atoms with Gasteiger partial charge in [-0.15, -0.1) is 0 Å². The maximum atomic E-state index is 13.4. The van der Waals surface area contributed by atoms with Gasteiger partial charge in [-0.3, -0.25) is 9.20 Å². The van der Waals surface area contributed by atoms with Crippen LogP contribution in [0.2, 0.25) is 5.02 Å². The summed E-state index contributed by atoms with van der Waals surface area (Å²) in [5.41, 5.74) is 1.66. The molecule has 34 heavy (non-hydrogen) atoms. The number of carbonyl (C=O) groups is 1. The third-order valence-corrected chi connectivity index (χ3v) is 5.81. The number of rotatable bonds is 6. The fourth-order valence-corrected chi connectivity index (χ4v) is 4.16. The van der Waals surface area contributed by atoms with Crippen LogP contribution in [0.25, 0.3) is 5.65 Å². The fraction of sp³-hybridized carbons (Fsp3) is 0.231. The molecule has 8 heteroatoms. The molecule has 0 fully saturated rings. The number of nitrogens with zero attached hydrogens (tertiary/aromatic N) is 2. The minimum atomic E-state index is -4.58. The molecule has 4 aromatic rings. The second-order valence-corrected chi connectivity index (χ2v) is 8.64. The largest absolute Gasteiger partial charge is 0.458 e. The van der Waals surface area contributed by atoms with Crippen molar-refractivity contribution in [2.24, 2.45) is 0 Å². The Kier molecular flexibility index (Phi) is 6.66. The molecule has 0 radical (unpaired) electrons. The van der Waals surface area contributed by atoms with Crippen LogP contribution in [0.5, 0.6) is 0 Å². The highest BCUT2D eigenvalue weighted by molar-refractivity contribution is 6.33. The zero-order chi connectivity index (χ0) is 24.5. The molecule has 4 nitrogen and oxygen atoms in total. The maximum absolute atomic E-state index is 13.4. The third kappa shape index (κ3) is 4.80. The normalized spacial score (nSPS) is 12.0. The van der Waals surface area contributed by atoms with Gasteiger partial charge in [0, 0.05) is 6.20 Å². The Hall–Kier alpha value is -3.32. The van der Waals surface area contributed by atoms with Gasteiger partial charge in [0.05, 0.1) is 22.0 Å². The van der Waals surface area contributed by atoms with E-state index in [1.807, 2.05) is 74.5 Å². The number of hydrogen-bond donors (Lipinski definition) is 0. The summed E-state index contributed by atoms with van der Waals surface area (Å²) in [6.45, 7) is 3.48. The van der Waals surface area contributed by atoms with Crippen LogP contribution in [0, 0.1) is 0 Å². The van der Waals surface area contributed by atoms with Crippen molar-refractivity contribution in [1.82, 2.24) is 9.38 Å². The zero-order valence-corrected chi connectivity index (χ0v) is 19.3. The molecule has 0 aliphatic heterocycles. The van der Waals surface area contributed by atoms with Crippen molar-refractivity contribution >= 4 is 23.2 Å². The molecule has 0 atom stereocenters. The molecule has 2 heterocycles. The van der Waals surface area contributed by atoms with E-state index in [4.69, 9.17) is 16.3 Å². The van der Waals surface area contributed by atoms with Gasteiger partial charge >= 0.3 is 12.1 Å². The van der Waals surface area contributed by atoms with Gasteiger partial charge in [-0.2, -0.15) is 13.2 Å². The molecule has 0 saturated carbocycles. The first kappa shape index (κ1) is 23.8. The molecule has 2 aromatic heterocycles. The van der Waals surface area contributed by atoms with E-state index in [-0.39, 0.29) is 23.2 Å². The molecule has 0 amide bonds. The average molecular weight is 487 g/mol. The predicted octanol–water partition coefficient (Wildman–Crippen LogP) is 7.01. The van der Waals surface area contributed by atoms with Crippen molar-refractivity contribution in [3.8, 4) is 0 Å². The van der Waals surface area contributed by atoms with Crippen molar-refractivity contribution in [2.75, 3.05) is 0 Å². The van der Waals surface area contributed by atoms with Gasteiger partial charge in [-0.05, 0) is 23.1 Å². The highest BCUT2D eigenvalue weighted by Gasteiger charge is 2.33. The van der Waals surface area contributed by atoms with Crippen LogP contribution in [0.15, 0.2) is 72.9 Å². The monoisotopic (exact) mass is 486 g/mol. The molecule has 2 aromatic carbocycles. The van der Waals surface area contributed by atoms with E-state index in [1.54, 1.807) is 0 Å². The smallest absolute Gasteiger partial charge is 0.417 e. The van der Waals surface area contributed by atoms with Crippen molar-refractivity contribution in [3.63, 3.8) is 0 Å². The van der Waals surface area contributed by atoms with Gasteiger partial charge in [0.15, 0.2) is 5.65 Å². The van der Waals surface area contributed by atoms with Crippen molar-refractivity contribution < 1.29 is 22.7 Å². The van der Waals surface area contributed by atoms with Crippen LogP contribution >= 0.6 is 11.6 Å². The molecule has 4 rings (SSSR count). The van der Waals surface area contributed by atoms with Crippen LogP contribution in [-0.2, 0) is 22.3 Å². The molecule has 0 aliphatic rings. The molecular weight excluding hydrogens is 465 g/mol. The highest BCUT2D eigenvalue weighted by atomic mass is 35.5. The molecule has 0 unspecified atom stereocenters. The summed E-state index contributed by atoms with van der Waals surface area (Å²) in [6, 6.07) is 19.2. The molecule has 176 valence electrons. The first-order valence-electron chi connectivity index (χ1n) is 10.7. The van der Waals surface area contributed by atoms with Crippen LogP contribution in [0.4, 0.5) is 13.2 Å². The van der Waals surface area contributed by atoms with Crippen LogP contribution in [0.3, 0.4) is 0 Å². The first-order valence-corrected chi connectivity index (χ1v) is 11.1. The molecule has 0 bridgehead atoms. The minimum absolute atomic E-state index is 0.124. The highest BCUT2D eigenvalue weighted by Crippen LogP contribution is 2.34. The van der Waals surface area contributed by atoms with Crippen LogP contribution < -0.4 is 0 Å². The standard InChI is InChI=1S/C26H22ClF3N2O2/c1-16(2)23-21(32-14-19(26(28,29)30)13-20(27)24(32)31-23)15-34-25(33)22(17-9-5-3-6-10-17)18-11-7-4-8-12-18/h3-14,16,22H,15H2,1-2H3. The van der Waals surface area contributed by atoms with E-state index in [0.29, 0.717) is 11.4 Å². The maximum Gasteiger partial charge on any atom is 0.417 e. The van der Waals surface area contributed by atoms with Crippen molar-refractivity contribution in [2.45, 2.75) is 38.5 Å². The second-order valence-electron chi connectivity index (χ2n) is 8.23. The fourth-order valence-electron chi connectivity index (χ4n) is 3.91. The number of hydrogen-bond acceptors (Lipinski definition) is 3. The number of ether oxygens (including phenoxy) is 1. The van der Waals surface area contributed by atoms with Crippen molar-refractivity contribution in [1.29, 1.82) is 0 Å². The van der Waals surface area contributed by atoms with E-state index < -0.39 is 23.6 Å². The summed E-state index contributed by atoms with van der Waals surface area (Å²) in [5, 5.41) is -0.124. The predicted molar refractivity (Wildman–Crippen MR) is 124 cm³/mol. The Morgan fingerprint density at radius 3 is 2.09 bits per heavy atom. The van der Waals surface area contributed by atoms with E-state index in [9.17, 15) is 18.0 Å². The molecular formula is C26H22ClF3N2O2. The number of pyridine rings is 1. The molecule has 0 spiro atoms. The number of aromatic nitrogens is 2. The SMILES string of the molecule is CC(C)c1nc2c(Cl)cc(C(F)(F)F)cn2c1COC(=O)C(c1ccccc1)c1ccccc1. The van der Waals surface area contributed by atoms with E-state index in [1.165, 1.54) is 4.40 Å². The van der Waals surface area contributed by atoms with Crippen molar-refractivity contribution in [3.05, 3.63) is 106 Å². The average Bonchev–Trinajstić information content (AvgIpc) is 3.18. The van der Waals surface area contributed by atoms with E-state index in [0.717, 1.165) is 23.4 Å². The number of benzene rings is 2. The molecule has 0 aliphatic carbocycles. The van der Waals surface area contributed by atoms with E-state index in [2.05, 4.69) is 4.98 Å². The number of imidazole rings is 1. The summed E-state index contributed by atoms with van der Waals surface area (Å²) >= 11 is 6.14. The Morgan fingerprint density at radius 1 is 1.03 bits per heavy atom. The topological polar surface area (TPSA) is 43.6 Å². The van der Waals surface area contributed by atoms with Gasteiger partial charge in [0.2, 0.25) is 0 Å². The quantitative estimate of drug-likeness (QED) is 0.275. The second kappa shape index (κ2) is 9.50. The Bertz CT molecular complexity index is 1260. The summed E-state index contributed by atoms with van der Waals surface area (Å²) < 4.78 is 47.2.